The fourth-order valence-electron chi connectivity index (χ4n) is 2.46. The molecule has 0 unspecified atom stereocenters. The summed E-state index contributed by atoms with van der Waals surface area (Å²) in [6.45, 7) is 3.62. The Bertz CT molecular complexity index is 676. The second-order valence-corrected chi connectivity index (χ2v) is 7.93. The molecule has 0 aromatic carbocycles. The van der Waals surface area contributed by atoms with Gasteiger partial charge in [0, 0.05) is 5.75 Å². The number of carbonyl (C=O) groups excluding carboxylic acids is 4. The summed E-state index contributed by atoms with van der Waals surface area (Å²) in [5.74, 6) is -4.67. The summed E-state index contributed by atoms with van der Waals surface area (Å²) in [6, 6.07) is -5.21. The number of thiol groups is 1. The van der Waals surface area contributed by atoms with Crippen molar-refractivity contribution in [1.82, 2.24) is 21.3 Å². The van der Waals surface area contributed by atoms with E-state index in [0.717, 1.165) is 0 Å². The maximum atomic E-state index is 12.4. The van der Waals surface area contributed by atoms with Crippen molar-refractivity contribution in [2.45, 2.75) is 57.5 Å². The van der Waals surface area contributed by atoms with E-state index in [4.69, 9.17) is 15.9 Å². The number of aliphatic hydroxyl groups excluding tert-OH is 2. The van der Waals surface area contributed by atoms with Crippen LogP contribution in [0.4, 0.5) is 0 Å². The van der Waals surface area contributed by atoms with Crippen LogP contribution in [-0.2, 0) is 24.0 Å². The highest BCUT2D eigenvalue weighted by atomic mass is 32.1. The molecular formula is C18H33N5O8S. The van der Waals surface area contributed by atoms with E-state index in [-0.39, 0.29) is 11.7 Å². The molecule has 14 heteroatoms. The number of amides is 4. The molecule has 0 aromatic heterocycles. The van der Waals surface area contributed by atoms with Crippen LogP contribution in [0.3, 0.4) is 0 Å². The summed E-state index contributed by atoms with van der Waals surface area (Å²) in [4.78, 5) is 59.6. The van der Waals surface area contributed by atoms with Gasteiger partial charge in [-0.3, -0.25) is 19.2 Å². The summed E-state index contributed by atoms with van der Waals surface area (Å²) in [5.41, 5.74) is 5.72. The van der Waals surface area contributed by atoms with Crippen LogP contribution in [-0.4, -0.2) is 94.1 Å². The van der Waals surface area contributed by atoms with Gasteiger partial charge in [0.2, 0.25) is 23.6 Å². The molecule has 9 N–H and O–H groups in total. The molecule has 0 rings (SSSR count). The smallest absolute Gasteiger partial charge is 0.328 e. The number of carboxylic acid groups (broad SMARTS) is 1. The van der Waals surface area contributed by atoms with Crippen LogP contribution >= 0.6 is 12.6 Å². The second kappa shape index (κ2) is 14.6. The molecule has 0 heterocycles. The normalized spacial score (nSPS) is 15.6. The van der Waals surface area contributed by atoms with Crippen LogP contribution < -0.4 is 27.0 Å². The zero-order chi connectivity index (χ0) is 25.0. The van der Waals surface area contributed by atoms with Crippen LogP contribution in [0, 0.1) is 5.92 Å². The van der Waals surface area contributed by atoms with Gasteiger partial charge in [-0.05, 0) is 19.3 Å². The van der Waals surface area contributed by atoms with Crippen molar-refractivity contribution in [3.05, 3.63) is 0 Å². The zero-order valence-corrected chi connectivity index (χ0v) is 19.1. The van der Waals surface area contributed by atoms with E-state index in [2.05, 4.69) is 28.6 Å². The average Bonchev–Trinajstić information content (AvgIpc) is 2.70. The third-order valence-electron chi connectivity index (χ3n) is 4.18. The first-order valence-electron chi connectivity index (χ1n) is 9.89. The number of carbonyl (C=O) groups is 5. The summed E-state index contributed by atoms with van der Waals surface area (Å²) < 4.78 is 0. The molecule has 0 saturated carbocycles. The van der Waals surface area contributed by atoms with Gasteiger partial charge in [-0.25, -0.2) is 4.79 Å². The maximum absolute atomic E-state index is 12.4. The number of hydrogen-bond acceptors (Lipinski definition) is 9. The van der Waals surface area contributed by atoms with Gasteiger partial charge in [-0.1, -0.05) is 13.8 Å². The molecule has 0 aliphatic carbocycles. The third kappa shape index (κ3) is 10.7. The molecule has 0 aliphatic rings. The van der Waals surface area contributed by atoms with E-state index in [9.17, 15) is 29.1 Å². The summed E-state index contributed by atoms with van der Waals surface area (Å²) in [5, 5.41) is 36.6. The lowest BCUT2D eigenvalue weighted by Gasteiger charge is -2.25. The van der Waals surface area contributed by atoms with Gasteiger partial charge in [0.1, 0.15) is 18.1 Å². The van der Waals surface area contributed by atoms with Crippen molar-refractivity contribution in [3.63, 3.8) is 0 Å². The van der Waals surface area contributed by atoms with Crippen molar-refractivity contribution >= 4 is 42.2 Å². The predicted octanol–water partition coefficient (Wildman–Crippen LogP) is -3.68. The Kier molecular flexibility index (Phi) is 13.5. The number of carboxylic acids is 1. The van der Waals surface area contributed by atoms with Crippen LogP contribution in [0.25, 0.3) is 0 Å². The Balaban J connectivity index is 4.92. The van der Waals surface area contributed by atoms with Gasteiger partial charge >= 0.3 is 5.97 Å². The van der Waals surface area contributed by atoms with E-state index < -0.39 is 73.0 Å². The first kappa shape index (κ1) is 29.6. The lowest BCUT2D eigenvalue weighted by atomic mass is 10.0. The fourth-order valence-corrected chi connectivity index (χ4v) is 2.72. The van der Waals surface area contributed by atoms with E-state index >= 15 is 0 Å². The molecule has 0 fully saturated rings. The summed E-state index contributed by atoms with van der Waals surface area (Å²) >= 11 is 3.98. The average molecular weight is 480 g/mol. The Hall–Kier alpha value is -2.42. The molecule has 32 heavy (non-hydrogen) atoms. The monoisotopic (exact) mass is 479 g/mol. The van der Waals surface area contributed by atoms with E-state index in [1.54, 1.807) is 0 Å². The Labute approximate surface area is 191 Å². The molecule has 0 spiro atoms. The number of nitrogens with two attached hydrogens (primary N) is 1. The molecule has 0 aromatic rings. The van der Waals surface area contributed by atoms with Crippen molar-refractivity contribution in [2.24, 2.45) is 11.7 Å². The molecule has 5 atom stereocenters. The zero-order valence-electron chi connectivity index (χ0n) is 18.2. The highest BCUT2D eigenvalue weighted by Crippen LogP contribution is 2.02. The van der Waals surface area contributed by atoms with Crippen LogP contribution in [0.5, 0.6) is 0 Å². The standard InChI is InChI=1S/C18H33N5O8S/c1-8(2)4-10(19)15(27)20-5-13(26)21-12(7-32)16(28)23-14(9(3)25)17(29)22-11(6-24)18(30)31/h8-12,14,24-25,32H,4-7,19H2,1-3H3,(H,20,27)(H,21,26)(H,22,29)(H,23,28)(H,30,31)/t9-,10+,11+,12+,14+/m1/s1. The van der Waals surface area contributed by atoms with Crippen molar-refractivity contribution in [1.29, 1.82) is 0 Å². The molecule has 184 valence electrons. The first-order chi connectivity index (χ1) is 14.8. The molecule has 4 amide bonds. The minimum atomic E-state index is -1.63. The number of nitrogens with one attached hydrogen (secondary N) is 4. The number of aliphatic hydroxyl groups is 2. The van der Waals surface area contributed by atoms with Crippen LogP contribution in [0.2, 0.25) is 0 Å². The highest BCUT2D eigenvalue weighted by molar-refractivity contribution is 7.80. The number of hydrogen-bond donors (Lipinski definition) is 9. The Morgan fingerprint density at radius 1 is 0.938 bits per heavy atom. The Morgan fingerprint density at radius 3 is 1.97 bits per heavy atom. The number of rotatable bonds is 14. The lowest BCUT2D eigenvalue weighted by Crippen LogP contribution is -2.60. The van der Waals surface area contributed by atoms with E-state index in [1.807, 2.05) is 19.2 Å². The lowest BCUT2D eigenvalue weighted by molar-refractivity contribution is -0.144. The second-order valence-electron chi connectivity index (χ2n) is 7.57. The number of aliphatic carboxylic acids is 1. The molecule has 0 saturated heterocycles. The minimum absolute atomic E-state index is 0.180. The molecule has 0 aliphatic heterocycles. The quantitative estimate of drug-likeness (QED) is 0.112. The largest absolute Gasteiger partial charge is 0.480 e. The summed E-state index contributed by atoms with van der Waals surface area (Å²) in [6.07, 6.45) is -0.998. The van der Waals surface area contributed by atoms with Crippen molar-refractivity contribution < 1.29 is 39.3 Å². The Morgan fingerprint density at radius 2 is 1.53 bits per heavy atom. The van der Waals surface area contributed by atoms with Gasteiger partial charge < -0.3 is 42.3 Å². The van der Waals surface area contributed by atoms with Crippen molar-refractivity contribution in [2.75, 3.05) is 18.9 Å². The maximum Gasteiger partial charge on any atom is 0.328 e. The fraction of sp³-hybridized carbons (Fsp3) is 0.722. The SMILES string of the molecule is CC(C)C[C@H](N)C(=O)NCC(=O)N[C@@H](CS)C(=O)N[C@H](C(=O)N[C@@H](CO)C(=O)O)[C@@H](C)O. The van der Waals surface area contributed by atoms with Gasteiger partial charge in [0.15, 0.2) is 0 Å². The van der Waals surface area contributed by atoms with Gasteiger partial charge in [0.05, 0.1) is 25.3 Å². The van der Waals surface area contributed by atoms with Gasteiger partial charge in [-0.15, -0.1) is 0 Å². The molecule has 13 nitrogen and oxygen atoms in total. The van der Waals surface area contributed by atoms with Gasteiger partial charge in [0.25, 0.3) is 0 Å². The first-order valence-corrected chi connectivity index (χ1v) is 10.5. The predicted molar refractivity (Wildman–Crippen MR) is 116 cm³/mol. The highest BCUT2D eigenvalue weighted by Gasteiger charge is 2.31. The van der Waals surface area contributed by atoms with E-state index in [0.29, 0.717) is 6.42 Å². The topological polar surface area (TPSA) is 220 Å². The molecular weight excluding hydrogens is 446 g/mol. The summed E-state index contributed by atoms with van der Waals surface area (Å²) in [7, 11) is 0. The molecule has 0 bridgehead atoms. The minimum Gasteiger partial charge on any atom is -0.480 e. The van der Waals surface area contributed by atoms with Crippen LogP contribution in [0.1, 0.15) is 27.2 Å². The molecule has 0 radical (unpaired) electrons. The third-order valence-corrected chi connectivity index (χ3v) is 4.54. The van der Waals surface area contributed by atoms with Gasteiger partial charge in [-0.2, -0.15) is 12.6 Å². The van der Waals surface area contributed by atoms with E-state index in [1.165, 1.54) is 6.92 Å². The van der Waals surface area contributed by atoms with Crippen LogP contribution in [0.15, 0.2) is 0 Å². The van der Waals surface area contributed by atoms with Crippen molar-refractivity contribution in [3.8, 4) is 0 Å².